The van der Waals surface area contributed by atoms with Gasteiger partial charge in [0.2, 0.25) is 70.0 Å². The quantitative estimate of drug-likeness (QED) is 0.0196. The first-order valence-electron chi connectivity index (χ1n) is 34.2. The first-order valence-corrected chi connectivity index (χ1v) is 35.6. The first-order chi connectivity index (χ1) is 49.0. The van der Waals surface area contributed by atoms with Crippen molar-refractivity contribution in [3.05, 3.63) is 65.7 Å². The Morgan fingerprint density at radius 1 is 0.757 bits per heavy atom. The Hall–Kier alpha value is -9.75. The summed E-state index contributed by atoms with van der Waals surface area (Å²) >= 11 is -2.49. The van der Waals surface area contributed by atoms with E-state index in [1.807, 2.05) is 13.8 Å². The summed E-state index contributed by atoms with van der Waals surface area (Å²) in [7, 11) is 0. The number of aromatic nitrogens is 1. The molecule has 5 heterocycles. The molecule has 13 atom stereocenters. The number of nitrogens with one attached hydrogen (secondary N) is 12. The number of H-pyrrole nitrogens is 1. The van der Waals surface area contributed by atoms with E-state index in [9.17, 15) is 82.4 Å². The number of fused-ring (bicyclic) bond motifs is 5. The molecule has 562 valence electrons. The van der Waals surface area contributed by atoms with E-state index in [0.717, 1.165) is 17.7 Å². The van der Waals surface area contributed by atoms with Gasteiger partial charge in [-0.05, 0) is 73.9 Å². The molecule has 103 heavy (non-hydrogen) atoms. The van der Waals surface area contributed by atoms with Crippen LogP contribution in [0.15, 0.2) is 59.6 Å². The molecular weight excluding hydrogens is 1360 g/mol. The maximum Gasteiger partial charge on any atom is 0.312 e. The highest BCUT2D eigenvalue weighted by Crippen LogP contribution is 2.32. The number of nitrogens with two attached hydrogens (primary N) is 2. The minimum Gasteiger partial charge on any atom is -0.610 e. The second-order valence-electron chi connectivity index (χ2n) is 26.3. The van der Waals surface area contributed by atoms with E-state index in [4.69, 9.17) is 16.2 Å². The van der Waals surface area contributed by atoms with Gasteiger partial charge in [0.1, 0.15) is 54.4 Å². The molecule has 3 aromatic rings. The number of aliphatic hydroxyl groups is 3. The maximum atomic E-state index is 15.2. The second kappa shape index (κ2) is 38.0. The van der Waals surface area contributed by atoms with Crippen molar-refractivity contribution in [3.63, 3.8) is 0 Å². The van der Waals surface area contributed by atoms with Crippen molar-refractivity contribution in [2.24, 2.45) is 29.2 Å². The molecule has 4 aliphatic heterocycles. The van der Waals surface area contributed by atoms with Crippen LogP contribution in [0.25, 0.3) is 10.9 Å². The lowest BCUT2D eigenvalue weighted by atomic mass is 9.93. The van der Waals surface area contributed by atoms with E-state index < -0.39 is 206 Å². The van der Waals surface area contributed by atoms with E-state index in [0.29, 0.717) is 43.6 Å². The van der Waals surface area contributed by atoms with Gasteiger partial charge in [0.15, 0.2) is 6.04 Å². The number of urea groups is 1. The number of carbonyl (C=O) groups excluding carboxylic acids is 14. The molecule has 0 radical (unpaired) electrons. The van der Waals surface area contributed by atoms with E-state index >= 15 is 4.55 Å². The maximum absolute atomic E-state index is 15.2. The zero-order chi connectivity index (χ0) is 75.4. The summed E-state index contributed by atoms with van der Waals surface area (Å²) < 4.78 is 21.5. The topological polar surface area (TPSA) is 539 Å². The minimum atomic E-state index is -2.49. The number of ether oxygens (including phenoxy) is 1. The lowest BCUT2D eigenvalue weighted by Crippen LogP contribution is -2.62. The van der Waals surface area contributed by atoms with Crippen LogP contribution in [-0.4, -0.2) is 230 Å². The van der Waals surface area contributed by atoms with Crippen molar-refractivity contribution in [2.45, 2.75) is 171 Å². The Balaban J connectivity index is 1.17. The van der Waals surface area contributed by atoms with Crippen molar-refractivity contribution in [1.82, 2.24) is 68.0 Å². The monoisotopic (exact) mass is 1460 g/mol. The SMILES string of the molecule is CC[C@H](C)[C@@H]1NC(=O)CNC(=O)[C@H]2Cc3c([nH]c4cc(OCc5ccc(NC(=O)[C@H](CCCNC(N)=O)NC(=O)[C@H](NCCCCCCN6C(=O)C=CC6=O)C(C)C)cc5)ccc34)[S+]([O-])C[C@H](NC(=O)CNC1=O)C(=O)N[C@@H](CC(N)=O)C(=O)N1C[C@H](O)C[C@H]1C(=O)N[C@@H]([C@@H](C)[C@@H](O)CO)C(=O)N2. The number of imide groups is 1. The Kier molecular flexibility index (Phi) is 29.7. The number of aromatic amines is 1. The van der Waals surface area contributed by atoms with Gasteiger partial charge in [-0.1, -0.05) is 66.0 Å². The van der Waals surface area contributed by atoms with Crippen LogP contribution in [0.1, 0.15) is 104 Å². The van der Waals surface area contributed by atoms with Crippen molar-refractivity contribution in [2.75, 3.05) is 56.9 Å². The number of hydrogen-bond donors (Lipinski definition) is 17. The van der Waals surface area contributed by atoms with Gasteiger partial charge in [0.05, 0.1) is 49.9 Å². The molecule has 1 unspecified atom stereocenters. The van der Waals surface area contributed by atoms with Crippen molar-refractivity contribution < 1.29 is 91.7 Å². The largest absolute Gasteiger partial charge is 0.610 e. The zero-order valence-corrected chi connectivity index (χ0v) is 58.8. The molecule has 0 spiro atoms. The molecule has 1 aromatic heterocycles. The first kappa shape index (κ1) is 80.6. The summed E-state index contributed by atoms with van der Waals surface area (Å²) in [5.74, 6) is -14.0. The molecule has 1 fully saturated rings. The van der Waals surface area contributed by atoms with Gasteiger partial charge in [-0.2, -0.15) is 0 Å². The fraction of sp³-hybridized carbons (Fsp3) is 0.552. The number of unbranched alkanes of at least 4 members (excludes halogenated alkanes) is 3. The van der Waals surface area contributed by atoms with Crippen LogP contribution in [0.2, 0.25) is 0 Å². The van der Waals surface area contributed by atoms with Gasteiger partial charge in [0.25, 0.3) is 11.8 Å². The van der Waals surface area contributed by atoms with Crippen LogP contribution in [0.5, 0.6) is 5.75 Å². The molecule has 2 aromatic carbocycles. The number of hydrogen-bond acceptors (Lipinski definition) is 20. The number of nitrogens with zero attached hydrogens (tertiary/aromatic N) is 2. The summed E-state index contributed by atoms with van der Waals surface area (Å²) in [6.07, 6.45) is 0.995. The average molecular weight is 1460 g/mol. The highest BCUT2D eigenvalue weighted by molar-refractivity contribution is 7.91. The molecule has 0 aliphatic carbocycles. The average Bonchev–Trinajstić information content (AvgIpc) is 1.64. The molecule has 7 rings (SSSR count). The lowest BCUT2D eigenvalue weighted by molar-refractivity contribution is -0.144. The van der Waals surface area contributed by atoms with E-state index in [1.54, 1.807) is 38.1 Å². The number of carbonyl (C=O) groups is 14. The molecule has 2 bridgehead atoms. The third-order valence-electron chi connectivity index (χ3n) is 18.3. The van der Waals surface area contributed by atoms with Crippen molar-refractivity contribution in [1.29, 1.82) is 0 Å². The summed E-state index contributed by atoms with van der Waals surface area (Å²) in [5.41, 5.74) is 12.0. The van der Waals surface area contributed by atoms with Gasteiger partial charge in [0, 0.05) is 84.4 Å². The third-order valence-corrected chi connectivity index (χ3v) is 19.7. The van der Waals surface area contributed by atoms with Crippen LogP contribution >= 0.6 is 0 Å². The number of benzene rings is 2. The van der Waals surface area contributed by atoms with E-state index in [-0.39, 0.29) is 71.0 Å². The minimum absolute atomic E-state index is 0.0487. The van der Waals surface area contributed by atoms with Crippen LogP contribution in [0.3, 0.4) is 0 Å². The van der Waals surface area contributed by atoms with Crippen LogP contribution in [0, 0.1) is 17.8 Å². The van der Waals surface area contributed by atoms with Crippen LogP contribution in [0.4, 0.5) is 10.5 Å². The number of anilines is 1. The van der Waals surface area contributed by atoms with Crippen molar-refractivity contribution in [3.8, 4) is 5.75 Å². The highest BCUT2D eigenvalue weighted by Gasteiger charge is 2.46. The normalized spacial score (nSPS) is 23.3. The summed E-state index contributed by atoms with van der Waals surface area (Å²) in [6.45, 7) is 6.08. The summed E-state index contributed by atoms with van der Waals surface area (Å²) in [6, 6.07) is -1.77. The van der Waals surface area contributed by atoms with Crippen LogP contribution in [-0.2, 0) is 86.5 Å². The fourth-order valence-electron chi connectivity index (χ4n) is 12.2. The van der Waals surface area contributed by atoms with Gasteiger partial charge in [-0.15, -0.1) is 0 Å². The lowest BCUT2D eigenvalue weighted by Gasteiger charge is -2.32. The fourth-order valence-corrected chi connectivity index (χ4v) is 13.6. The van der Waals surface area contributed by atoms with Crippen molar-refractivity contribution >= 4 is 111 Å². The van der Waals surface area contributed by atoms with Gasteiger partial charge in [-0.3, -0.25) is 67.2 Å². The number of amides is 15. The van der Waals surface area contributed by atoms with E-state index in [1.165, 1.54) is 42.2 Å². The van der Waals surface area contributed by atoms with Gasteiger partial charge < -0.3 is 104 Å². The molecule has 35 nitrogen and oxygen atoms in total. The summed E-state index contributed by atoms with van der Waals surface area (Å²) in [4.78, 5) is 195. The summed E-state index contributed by atoms with van der Waals surface area (Å²) in [5, 5.41) is 60.8. The molecular formula is C67H94N16O19S. The number of rotatable bonds is 27. The van der Waals surface area contributed by atoms with Gasteiger partial charge >= 0.3 is 6.03 Å². The predicted molar refractivity (Wildman–Crippen MR) is 370 cm³/mol. The van der Waals surface area contributed by atoms with Gasteiger partial charge in [-0.25, -0.2) is 4.79 Å². The second-order valence-corrected chi connectivity index (χ2v) is 27.8. The smallest absolute Gasteiger partial charge is 0.312 e. The molecule has 19 N–H and O–H groups in total. The Morgan fingerprint density at radius 2 is 1.44 bits per heavy atom. The number of aliphatic hydroxyl groups excluding tert-OH is 3. The standard InChI is InChI=1S/C67H94N16O19S/c1-6-35(4)56-62(96)73-28-51(88)75-47-33-103(101)65-42(26-45(58(92)72-29-52(89)80-56)77-64(98)57(36(5)49(86)31-84)81-61(95)48-24-39(85)30-83(48)66(99)46(27-50(68)87)78-60(47)94)41-18-17-40(25-44(41)79-65)102-32-37-13-15-38(16-14-37)74-59(93)43(12-11-22-71-67(69)100)76-63(97)55(34(2)3)70-21-9-7-8-10-23-82-53(90)19-20-54(82)91/h13-20,25,34-36,39,43,45-49,55-57,70,79,84-86H,6-12,21-24,26-33H2,1-5H3,(H2,68,87)(H,72,92)(H,73,96)(H,74,93)(H,75,88)(H,76,97)(H,77,98)(H,78,94)(H,80,89)(H,81,95)(H3,69,71,100)/t35-,36-,39+,43-,45+,46-,47-,48-,49-,55+,56-,57-,103?/m0/s1. The molecule has 1 saturated heterocycles. The molecule has 15 amide bonds. The molecule has 0 saturated carbocycles. The highest BCUT2D eigenvalue weighted by atomic mass is 32.2. The third kappa shape index (κ3) is 22.6. The Morgan fingerprint density at radius 3 is 2.10 bits per heavy atom. The number of primary amides is 2. The van der Waals surface area contributed by atoms with Crippen LogP contribution < -0.4 is 74.7 Å². The zero-order valence-electron chi connectivity index (χ0n) is 58.0. The Bertz CT molecular complexity index is 3630. The van der Waals surface area contributed by atoms with E-state index in [2.05, 4.69) is 63.5 Å². The Labute approximate surface area is 596 Å². The molecule has 36 heteroatoms. The molecule has 4 aliphatic rings. The predicted octanol–water partition coefficient (Wildman–Crippen LogP) is -4.08.